The molecule has 0 spiro atoms. The molecule has 0 radical (unpaired) electrons. The first-order chi connectivity index (χ1) is 18.3. The van der Waals surface area contributed by atoms with E-state index in [0.717, 1.165) is 0 Å². The van der Waals surface area contributed by atoms with Crippen molar-refractivity contribution in [1.29, 1.82) is 0 Å². The Hall–Kier alpha value is -3.39. The summed E-state index contributed by atoms with van der Waals surface area (Å²) in [7, 11) is -7.11. The minimum Gasteiger partial charge on any atom is -0.456 e. The highest BCUT2D eigenvalue weighted by molar-refractivity contribution is 7.87. The molecule has 3 rings (SSSR count). The molecule has 228 valence electrons. The molecule has 1 aromatic heterocycles. The summed E-state index contributed by atoms with van der Waals surface area (Å²) >= 11 is 0. The molecule has 0 fully saturated rings. The lowest BCUT2D eigenvalue weighted by molar-refractivity contribution is -0.404. The van der Waals surface area contributed by atoms with E-state index in [9.17, 15) is 74.3 Å². The maximum Gasteiger partial charge on any atom is 0.536 e. The van der Waals surface area contributed by atoms with E-state index in [2.05, 4.69) is 4.28 Å². The lowest BCUT2D eigenvalue weighted by Crippen LogP contribution is -2.70. The Labute approximate surface area is 216 Å². The van der Waals surface area contributed by atoms with Gasteiger partial charge in [-0.05, 0) is 24.3 Å². The van der Waals surface area contributed by atoms with Crippen molar-refractivity contribution in [2.75, 3.05) is 0 Å². The first-order valence-corrected chi connectivity index (χ1v) is 11.4. The van der Waals surface area contributed by atoms with E-state index in [1.807, 2.05) is 0 Å². The average molecular weight is 643 g/mol. The number of hydrogen-bond donors (Lipinski definition) is 0. The van der Waals surface area contributed by atoms with Crippen LogP contribution < -0.4 is 0 Å². The molecule has 1 heterocycles. The van der Waals surface area contributed by atoms with E-state index in [1.165, 1.54) is 24.3 Å². The molecule has 0 unspecified atom stereocenters. The Balaban J connectivity index is 2.31. The van der Waals surface area contributed by atoms with E-state index in [-0.39, 0.29) is 28.7 Å². The molecule has 0 saturated heterocycles. The first kappa shape index (κ1) is 32.1. The van der Waals surface area contributed by atoms with Crippen LogP contribution in [0.5, 0.6) is 0 Å². The van der Waals surface area contributed by atoms with Gasteiger partial charge in [0.25, 0.3) is 0 Å². The van der Waals surface area contributed by atoms with Crippen LogP contribution in [0, 0.1) is 0 Å². The number of para-hydroxylation sites is 1. The zero-order valence-electron chi connectivity index (χ0n) is 18.8. The number of fused-ring (bicyclic) bond motifs is 3. The molecule has 0 bridgehead atoms. The van der Waals surface area contributed by atoms with Gasteiger partial charge < -0.3 is 4.42 Å². The van der Waals surface area contributed by atoms with Crippen LogP contribution in [0.4, 0.5) is 65.9 Å². The summed E-state index contributed by atoms with van der Waals surface area (Å²) in [6.45, 7) is 0. The molecular formula is C20H8F15NO4S. The average Bonchev–Trinajstić information content (AvgIpc) is 3.20. The zero-order chi connectivity index (χ0) is 31.6. The fourth-order valence-corrected chi connectivity index (χ4v) is 3.44. The lowest BCUT2D eigenvalue weighted by Gasteiger charge is -2.39. The predicted molar refractivity (Wildman–Crippen MR) is 107 cm³/mol. The van der Waals surface area contributed by atoms with Crippen LogP contribution in [0.2, 0.25) is 0 Å². The number of benzene rings is 2. The van der Waals surface area contributed by atoms with E-state index in [1.54, 1.807) is 5.16 Å². The summed E-state index contributed by atoms with van der Waals surface area (Å²) in [5.74, 6) is -38.4. The largest absolute Gasteiger partial charge is 0.536 e. The van der Waals surface area contributed by atoms with Crippen LogP contribution in [-0.4, -0.2) is 55.7 Å². The number of furan rings is 1. The summed E-state index contributed by atoms with van der Waals surface area (Å²) in [6, 6.07) is 6.09. The predicted octanol–water partition coefficient (Wildman–Crippen LogP) is 7.60. The summed E-state index contributed by atoms with van der Waals surface area (Å²) in [5, 5.41) is 1.21. The Kier molecular flexibility index (Phi) is 7.51. The SMILES string of the molecule is O=S(=O)(ON=C(c1ccc2oc3ccccc3c2c1)C(F)(F)C(F)(F)C(F)(F)C(F)(F)C(F)(F)C(F)F)C(F)(F)F. The van der Waals surface area contributed by atoms with Gasteiger partial charge >= 0.3 is 51.7 Å². The van der Waals surface area contributed by atoms with E-state index < -0.39 is 68.3 Å². The second kappa shape index (κ2) is 9.58. The Morgan fingerprint density at radius 1 is 0.732 bits per heavy atom. The number of halogens is 15. The third-order valence-corrected chi connectivity index (χ3v) is 6.17. The highest BCUT2D eigenvalue weighted by Crippen LogP contribution is 2.58. The number of hydrogen-bond acceptors (Lipinski definition) is 5. The molecule has 0 amide bonds. The topological polar surface area (TPSA) is 68.9 Å². The molecule has 0 aliphatic rings. The zero-order valence-corrected chi connectivity index (χ0v) is 19.6. The van der Waals surface area contributed by atoms with Crippen molar-refractivity contribution in [3.63, 3.8) is 0 Å². The van der Waals surface area contributed by atoms with Gasteiger partial charge in [-0.2, -0.15) is 65.5 Å². The van der Waals surface area contributed by atoms with Crippen LogP contribution >= 0.6 is 0 Å². The van der Waals surface area contributed by atoms with Crippen molar-refractivity contribution >= 4 is 37.8 Å². The van der Waals surface area contributed by atoms with Crippen LogP contribution in [0.3, 0.4) is 0 Å². The number of alkyl halides is 15. The van der Waals surface area contributed by atoms with Crippen molar-refractivity contribution in [2.45, 2.75) is 41.5 Å². The summed E-state index contributed by atoms with van der Waals surface area (Å²) < 4.78 is 234. The maximum atomic E-state index is 15.0. The first-order valence-electron chi connectivity index (χ1n) is 10.0. The van der Waals surface area contributed by atoms with Crippen molar-refractivity contribution < 1.29 is 83.0 Å². The molecule has 3 aromatic rings. The standard InChI is InChI=1S/C20H8F15NO4S/c21-14(22)16(25,26)18(29,30)19(31,32)17(27,28)15(23,24)13(36-40-41(37,38)20(33,34)35)8-5-6-12-10(7-8)9-3-1-2-4-11(9)39-12/h1-7,14H. The molecular weight excluding hydrogens is 635 g/mol. The van der Waals surface area contributed by atoms with Gasteiger partial charge in [0.2, 0.25) is 0 Å². The number of rotatable bonds is 9. The van der Waals surface area contributed by atoms with Crippen LogP contribution in [0.15, 0.2) is 52.0 Å². The van der Waals surface area contributed by atoms with Crippen molar-refractivity contribution in [3.05, 3.63) is 48.0 Å². The molecule has 2 aromatic carbocycles. The minimum absolute atomic E-state index is 0.0495. The molecule has 21 heteroatoms. The molecule has 0 saturated carbocycles. The van der Waals surface area contributed by atoms with Crippen LogP contribution in [0.25, 0.3) is 21.9 Å². The summed E-state index contributed by atoms with van der Waals surface area (Å²) in [6.07, 6.45) is -5.81. The Bertz CT molecular complexity index is 1590. The summed E-state index contributed by atoms with van der Waals surface area (Å²) in [5.41, 5.74) is -11.8. The molecule has 0 atom stereocenters. The molecule has 0 aliphatic carbocycles. The molecule has 5 nitrogen and oxygen atoms in total. The Morgan fingerprint density at radius 3 is 1.80 bits per heavy atom. The molecule has 0 aliphatic heterocycles. The van der Waals surface area contributed by atoms with Gasteiger partial charge in [0, 0.05) is 16.3 Å². The maximum absolute atomic E-state index is 15.0. The number of nitrogens with zero attached hydrogens (tertiary/aromatic N) is 1. The normalized spacial score (nSPS) is 15.3. The van der Waals surface area contributed by atoms with Gasteiger partial charge in [0.15, 0.2) is 5.71 Å². The fraction of sp³-hybridized carbons (Fsp3) is 0.350. The second-order valence-electron chi connectivity index (χ2n) is 7.94. The Morgan fingerprint density at radius 2 is 1.27 bits per heavy atom. The van der Waals surface area contributed by atoms with Crippen molar-refractivity contribution in [1.82, 2.24) is 0 Å². The molecule has 0 N–H and O–H groups in total. The van der Waals surface area contributed by atoms with Crippen molar-refractivity contribution in [2.24, 2.45) is 5.16 Å². The van der Waals surface area contributed by atoms with Gasteiger partial charge in [0.1, 0.15) is 11.2 Å². The van der Waals surface area contributed by atoms with Gasteiger partial charge in [-0.3, -0.25) is 4.28 Å². The van der Waals surface area contributed by atoms with E-state index in [4.69, 9.17) is 4.42 Å². The van der Waals surface area contributed by atoms with Gasteiger partial charge in [-0.25, -0.2) is 8.78 Å². The second-order valence-corrected chi connectivity index (χ2v) is 9.46. The van der Waals surface area contributed by atoms with E-state index in [0.29, 0.717) is 6.07 Å². The number of oxime groups is 1. The third kappa shape index (κ3) is 4.80. The van der Waals surface area contributed by atoms with Gasteiger partial charge in [-0.15, -0.1) is 0 Å². The molecule has 41 heavy (non-hydrogen) atoms. The van der Waals surface area contributed by atoms with Crippen LogP contribution in [0.1, 0.15) is 5.56 Å². The van der Waals surface area contributed by atoms with E-state index >= 15 is 0 Å². The smallest absolute Gasteiger partial charge is 0.456 e. The fourth-order valence-electron chi connectivity index (χ4n) is 3.18. The highest BCUT2D eigenvalue weighted by atomic mass is 32.2. The van der Waals surface area contributed by atoms with Crippen LogP contribution in [-0.2, 0) is 14.4 Å². The monoisotopic (exact) mass is 643 g/mol. The summed E-state index contributed by atoms with van der Waals surface area (Å²) in [4.78, 5) is 0. The van der Waals surface area contributed by atoms with Crippen molar-refractivity contribution in [3.8, 4) is 0 Å². The van der Waals surface area contributed by atoms with Gasteiger partial charge in [0.05, 0.1) is 0 Å². The highest BCUT2D eigenvalue weighted by Gasteiger charge is 2.88. The quantitative estimate of drug-likeness (QED) is 0.104. The lowest BCUT2D eigenvalue weighted by atomic mass is 9.89. The third-order valence-electron chi connectivity index (χ3n) is 5.33. The minimum atomic E-state index is -8.10. The van der Waals surface area contributed by atoms with Gasteiger partial charge in [-0.1, -0.05) is 23.4 Å².